The van der Waals surface area contributed by atoms with Crippen LogP contribution in [0.5, 0.6) is 11.5 Å². The zero-order valence-electron chi connectivity index (χ0n) is 13.5. The fourth-order valence-corrected chi connectivity index (χ4v) is 3.02. The fraction of sp³-hybridized carbons (Fsp3) is 0.389. The maximum atomic E-state index is 12.5. The molecule has 2 aromatic rings. The van der Waals surface area contributed by atoms with E-state index in [1.807, 2.05) is 35.2 Å². The molecule has 1 unspecified atom stereocenters. The highest BCUT2D eigenvalue weighted by molar-refractivity contribution is 5.79. The van der Waals surface area contributed by atoms with Crippen molar-refractivity contribution in [1.29, 1.82) is 0 Å². The highest BCUT2D eigenvalue weighted by atomic mass is 16.5. The number of likely N-dealkylation sites (tertiary alicyclic amines) is 1. The van der Waals surface area contributed by atoms with Gasteiger partial charge in [-0.1, -0.05) is 6.07 Å². The van der Waals surface area contributed by atoms with Gasteiger partial charge >= 0.3 is 0 Å². The smallest absolute Gasteiger partial charge is 0.227 e. The van der Waals surface area contributed by atoms with Gasteiger partial charge in [0.25, 0.3) is 0 Å². The van der Waals surface area contributed by atoms with Gasteiger partial charge in [0, 0.05) is 19.0 Å². The van der Waals surface area contributed by atoms with Gasteiger partial charge in [0.15, 0.2) is 11.5 Å². The second-order valence-electron chi connectivity index (χ2n) is 5.71. The summed E-state index contributed by atoms with van der Waals surface area (Å²) in [7, 11) is 3.19. The Labute approximate surface area is 135 Å². The molecule has 1 aromatic heterocycles. The monoisotopic (exact) mass is 315 g/mol. The number of amides is 1. The number of carbonyl (C=O) groups is 1. The van der Waals surface area contributed by atoms with Gasteiger partial charge in [-0.2, -0.15) is 0 Å². The predicted molar refractivity (Wildman–Crippen MR) is 85.9 cm³/mol. The summed E-state index contributed by atoms with van der Waals surface area (Å²) in [5.74, 6) is 2.72. The number of benzene rings is 1. The molecule has 5 nitrogen and oxygen atoms in total. The number of hydrogen-bond acceptors (Lipinski definition) is 4. The minimum absolute atomic E-state index is 0.131. The van der Waals surface area contributed by atoms with Gasteiger partial charge in [-0.15, -0.1) is 0 Å². The average molecular weight is 315 g/mol. The number of furan rings is 1. The lowest BCUT2D eigenvalue weighted by Crippen LogP contribution is -2.29. The Bertz CT molecular complexity index is 666. The molecule has 1 aliphatic rings. The molecule has 0 spiro atoms. The minimum Gasteiger partial charge on any atom is -0.493 e. The molecule has 23 heavy (non-hydrogen) atoms. The third-order valence-corrected chi connectivity index (χ3v) is 4.29. The maximum absolute atomic E-state index is 12.5. The first-order valence-corrected chi connectivity index (χ1v) is 7.73. The van der Waals surface area contributed by atoms with Crippen molar-refractivity contribution >= 4 is 5.91 Å². The topological polar surface area (TPSA) is 51.9 Å². The number of nitrogens with zero attached hydrogens (tertiary/aromatic N) is 1. The minimum atomic E-state index is 0.131. The summed E-state index contributed by atoms with van der Waals surface area (Å²) in [5.41, 5.74) is 0.925. The molecular formula is C18H21NO4. The largest absolute Gasteiger partial charge is 0.493 e. The van der Waals surface area contributed by atoms with E-state index in [0.29, 0.717) is 23.8 Å². The number of ether oxygens (including phenoxy) is 2. The van der Waals surface area contributed by atoms with Gasteiger partial charge in [-0.25, -0.2) is 0 Å². The van der Waals surface area contributed by atoms with Crippen molar-refractivity contribution in [2.24, 2.45) is 0 Å². The molecule has 0 bridgehead atoms. The van der Waals surface area contributed by atoms with Crippen LogP contribution in [0.3, 0.4) is 0 Å². The van der Waals surface area contributed by atoms with E-state index >= 15 is 0 Å². The summed E-state index contributed by atoms with van der Waals surface area (Å²) in [6.07, 6.45) is 3.00. The van der Waals surface area contributed by atoms with E-state index < -0.39 is 0 Å². The fourth-order valence-electron chi connectivity index (χ4n) is 3.02. The van der Waals surface area contributed by atoms with Crippen molar-refractivity contribution < 1.29 is 18.7 Å². The molecular weight excluding hydrogens is 294 g/mol. The molecule has 1 aliphatic heterocycles. The average Bonchev–Trinajstić information content (AvgIpc) is 3.25. The summed E-state index contributed by atoms with van der Waals surface area (Å²) in [4.78, 5) is 14.4. The number of carbonyl (C=O) groups excluding carboxylic acids is 1. The van der Waals surface area contributed by atoms with Crippen LogP contribution in [0.4, 0.5) is 0 Å². The van der Waals surface area contributed by atoms with Gasteiger partial charge in [-0.05, 0) is 36.2 Å². The zero-order chi connectivity index (χ0) is 16.2. The van der Waals surface area contributed by atoms with Crippen molar-refractivity contribution in [3.8, 4) is 11.5 Å². The molecule has 122 valence electrons. The molecule has 5 heteroatoms. The maximum Gasteiger partial charge on any atom is 0.227 e. The van der Waals surface area contributed by atoms with Crippen molar-refractivity contribution in [2.45, 2.75) is 18.8 Å². The normalized spacial score (nSPS) is 17.3. The Morgan fingerprint density at radius 3 is 2.78 bits per heavy atom. The van der Waals surface area contributed by atoms with Crippen molar-refractivity contribution in [3.63, 3.8) is 0 Å². The summed E-state index contributed by atoms with van der Waals surface area (Å²) < 4.78 is 16.0. The molecule has 1 atom stereocenters. The zero-order valence-corrected chi connectivity index (χ0v) is 13.5. The van der Waals surface area contributed by atoms with Crippen LogP contribution in [0.25, 0.3) is 0 Å². The van der Waals surface area contributed by atoms with Crippen LogP contribution >= 0.6 is 0 Å². The van der Waals surface area contributed by atoms with Gasteiger partial charge in [0.1, 0.15) is 5.76 Å². The highest BCUT2D eigenvalue weighted by Gasteiger charge is 2.28. The van der Waals surface area contributed by atoms with Crippen LogP contribution in [0.1, 0.15) is 23.7 Å². The van der Waals surface area contributed by atoms with Crippen LogP contribution in [0.2, 0.25) is 0 Å². The molecule has 0 N–H and O–H groups in total. The summed E-state index contributed by atoms with van der Waals surface area (Å²) in [6, 6.07) is 9.46. The van der Waals surface area contributed by atoms with Crippen molar-refractivity contribution in [1.82, 2.24) is 4.90 Å². The quantitative estimate of drug-likeness (QED) is 0.851. The van der Waals surface area contributed by atoms with Crippen LogP contribution in [-0.4, -0.2) is 38.1 Å². The molecule has 0 aliphatic carbocycles. The summed E-state index contributed by atoms with van der Waals surface area (Å²) in [6.45, 7) is 1.50. The lowest BCUT2D eigenvalue weighted by molar-refractivity contribution is -0.129. The Hall–Kier alpha value is -2.43. The molecule has 1 fully saturated rings. The lowest BCUT2D eigenvalue weighted by Gasteiger charge is -2.17. The Kier molecular flexibility index (Phi) is 4.55. The van der Waals surface area contributed by atoms with Gasteiger partial charge in [0.2, 0.25) is 5.91 Å². The Morgan fingerprint density at radius 1 is 1.26 bits per heavy atom. The second-order valence-corrected chi connectivity index (χ2v) is 5.71. The molecule has 1 amide bonds. The van der Waals surface area contributed by atoms with E-state index in [0.717, 1.165) is 30.8 Å². The van der Waals surface area contributed by atoms with Gasteiger partial charge in [0.05, 0.1) is 26.9 Å². The van der Waals surface area contributed by atoms with E-state index in [2.05, 4.69) is 0 Å². The number of methoxy groups -OCH3 is 2. The van der Waals surface area contributed by atoms with E-state index in [1.54, 1.807) is 20.5 Å². The van der Waals surface area contributed by atoms with Crippen LogP contribution < -0.4 is 9.47 Å². The first-order valence-electron chi connectivity index (χ1n) is 7.73. The van der Waals surface area contributed by atoms with Gasteiger partial charge < -0.3 is 18.8 Å². The third kappa shape index (κ3) is 3.33. The van der Waals surface area contributed by atoms with E-state index in [1.165, 1.54) is 0 Å². The number of rotatable bonds is 5. The highest BCUT2D eigenvalue weighted by Crippen LogP contribution is 2.30. The van der Waals surface area contributed by atoms with Crippen molar-refractivity contribution in [2.75, 3.05) is 27.3 Å². The molecule has 1 aromatic carbocycles. The first kappa shape index (κ1) is 15.5. The molecule has 2 heterocycles. The van der Waals surface area contributed by atoms with E-state index in [9.17, 15) is 4.79 Å². The molecule has 0 radical (unpaired) electrons. The first-order chi connectivity index (χ1) is 11.2. The molecule has 3 rings (SSSR count). The standard InChI is InChI=1S/C18H21NO4/c1-21-16-6-5-13(10-17(16)22-2)11-18(20)19-8-7-14(12-19)15-4-3-9-23-15/h3-6,9-10,14H,7-8,11-12H2,1-2H3. The lowest BCUT2D eigenvalue weighted by atomic mass is 10.1. The van der Waals surface area contributed by atoms with Crippen molar-refractivity contribution in [3.05, 3.63) is 47.9 Å². The SMILES string of the molecule is COc1ccc(CC(=O)N2CCC(c3ccco3)C2)cc1OC. The van der Waals surface area contributed by atoms with E-state index in [4.69, 9.17) is 13.9 Å². The van der Waals surface area contributed by atoms with Crippen LogP contribution in [-0.2, 0) is 11.2 Å². The second kappa shape index (κ2) is 6.77. The molecule has 0 saturated carbocycles. The Balaban J connectivity index is 1.63. The van der Waals surface area contributed by atoms with Crippen LogP contribution in [0.15, 0.2) is 41.0 Å². The van der Waals surface area contributed by atoms with Crippen LogP contribution in [0, 0.1) is 0 Å². The van der Waals surface area contributed by atoms with E-state index in [-0.39, 0.29) is 5.91 Å². The summed E-state index contributed by atoms with van der Waals surface area (Å²) in [5, 5.41) is 0. The number of hydrogen-bond donors (Lipinski definition) is 0. The summed E-state index contributed by atoms with van der Waals surface area (Å²) >= 11 is 0. The predicted octanol–water partition coefficient (Wildman–Crippen LogP) is 2.86. The third-order valence-electron chi connectivity index (χ3n) is 4.29. The van der Waals surface area contributed by atoms with Gasteiger partial charge in [-0.3, -0.25) is 4.79 Å². The molecule has 1 saturated heterocycles. The Morgan fingerprint density at radius 2 is 2.09 bits per heavy atom.